The van der Waals surface area contributed by atoms with Crippen molar-refractivity contribution in [2.24, 2.45) is 0 Å². The highest BCUT2D eigenvalue weighted by atomic mass is 16.5. The van der Waals surface area contributed by atoms with Gasteiger partial charge in [0.15, 0.2) is 0 Å². The fourth-order valence-electron chi connectivity index (χ4n) is 3.70. The van der Waals surface area contributed by atoms with E-state index in [-0.39, 0.29) is 12.4 Å². The summed E-state index contributed by atoms with van der Waals surface area (Å²) in [4.78, 5) is 33.3. The molecule has 0 bridgehead atoms. The van der Waals surface area contributed by atoms with Crippen molar-refractivity contribution in [3.8, 4) is 22.6 Å². The largest absolute Gasteiger partial charge is 0.497 e. The zero-order valence-electron chi connectivity index (χ0n) is 19.6. The van der Waals surface area contributed by atoms with Crippen molar-refractivity contribution >= 4 is 34.1 Å². The van der Waals surface area contributed by atoms with Crippen molar-refractivity contribution in [3.05, 3.63) is 72.2 Å². The van der Waals surface area contributed by atoms with Crippen LogP contribution in [0.1, 0.15) is 11.1 Å². The van der Waals surface area contributed by atoms with E-state index in [9.17, 15) is 9.59 Å². The molecule has 0 unspecified atom stereocenters. The number of amides is 2. The normalized spacial score (nSPS) is 10.6. The highest BCUT2D eigenvalue weighted by molar-refractivity contribution is 6.39. The van der Waals surface area contributed by atoms with Gasteiger partial charge in [0.05, 0.1) is 14.2 Å². The first-order valence-electron chi connectivity index (χ1n) is 10.8. The number of nitrogens with zero attached hydrogens (tertiary/aromatic N) is 2. The molecule has 0 atom stereocenters. The Labute approximate surface area is 202 Å². The van der Waals surface area contributed by atoms with Gasteiger partial charge < -0.3 is 25.8 Å². The molecule has 4 rings (SSSR count). The number of anilines is 2. The average molecular weight is 472 g/mol. The van der Waals surface area contributed by atoms with E-state index >= 15 is 0 Å². The first kappa shape index (κ1) is 23.5. The molecule has 0 radical (unpaired) electrons. The highest BCUT2D eigenvalue weighted by Crippen LogP contribution is 2.31. The second-order valence-corrected chi connectivity index (χ2v) is 7.86. The van der Waals surface area contributed by atoms with Crippen LogP contribution < -0.4 is 25.8 Å². The molecule has 0 aliphatic rings. The number of rotatable bonds is 6. The summed E-state index contributed by atoms with van der Waals surface area (Å²) in [5.74, 6) is -0.238. The zero-order valence-corrected chi connectivity index (χ0v) is 19.6. The molecular weight excluding hydrogens is 446 g/mol. The molecular formula is C26H25N5O4. The maximum atomic E-state index is 12.5. The number of methoxy groups -OCH3 is 2. The van der Waals surface area contributed by atoms with E-state index in [2.05, 4.69) is 20.6 Å². The predicted octanol–water partition coefficient (Wildman–Crippen LogP) is 3.46. The van der Waals surface area contributed by atoms with Crippen LogP contribution in [0, 0.1) is 6.92 Å². The fraction of sp³-hybridized carbons (Fsp3) is 0.154. The van der Waals surface area contributed by atoms with Crippen LogP contribution in [-0.2, 0) is 16.1 Å². The number of carbonyl (C=O) groups is 2. The lowest BCUT2D eigenvalue weighted by atomic mass is 9.99. The second kappa shape index (κ2) is 10.1. The van der Waals surface area contributed by atoms with Crippen LogP contribution in [0.5, 0.6) is 11.5 Å². The summed E-state index contributed by atoms with van der Waals surface area (Å²) < 4.78 is 10.5. The number of hydrogen-bond donors (Lipinski definition) is 3. The second-order valence-electron chi connectivity index (χ2n) is 7.86. The molecule has 4 aromatic rings. The number of carbonyl (C=O) groups excluding carboxylic acids is 2. The Morgan fingerprint density at radius 3 is 2.57 bits per heavy atom. The van der Waals surface area contributed by atoms with Crippen molar-refractivity contribution in [2.75, 3.05) is 25.3 Å². The van der Waals surface area contributed by atoms with Crippen LogP contribution in [0.15, 0.2) is 61.1 Å². The van der Waals surface area contributed by atoms with Gasteiger partial charge in [-0.1, -0.05) is 0 Å². The first-order chi connectivity index (χ1) is 16.9. The molecule has 35 heavy (non-hydrogen) atoms. The predicted molar refractivity (Wildman–Crippen MR) is 134 cm³/mol. The van der Waals surface area contributed by atoms with Gasteiger partial charge in [-0.2, -0.15) is 0 Å². The minimum Gasteiger partial charge on any atom is -0.497 e. The Kier molecular flexibility index (Phi) is 6.77. The van der Waals surface area contributed by atoms with Gasteiger partial charge >= 0.3 is 11.8 Å². The summed E-state index contributed by atoms with van der Waals surface area (Å²) in [7, 11) is 3.07. The fourth-order valence-corrected chi connectivity index (χ4v) is 3.70. The third kappa shape index (κ3) is 5.14. The van der Waals surface area contributed by atoms with Gasteiger partial charge in [-0.25, -0.2) is 4.98 Å². The maximum absolute atomic E-state index is 12.5. The number of fused-ring (bicyclic) bond motifs is 1. The molecule has 2 aromatic heterocycles. The molecule has 0 spiro atoms. The third-order valence-electron chi connectivity index (χ3n) is 5.60. The van der Waals surface area contributed by atoms with E-state index in [1.165, 1.54) is 7.11 Å². The number of benzene rings is 2. The van der Waals surface area contributed by atoms with Crippen molar-refractivity contribution in [1.82, 2.24) is 15.3 Å². The van der Waals surface area contributed by atoms with Crippen molar-refractivity contribution in [3.63, 3.8) is 0 Å². The minimum absolute atomic E-state index is 0.106. The van der Waals surface area contributed by atoms with Gasteiger partial charge in [-0.15, -0.1) is 0 Å². The van der Waals surface area contributed by atoms with Crippen LogP contribution in [0.4, 0.5) is 11.5 Å². The van der Waals surface area contributed by atoms with Gasteiger partial charge in [0.2, 0.25) is 0 Å². The monoisotopic (exact) mass is 471 g/mol. The Morgan fingerprint density at radius 2 is 1.83 bits per heavy atom. The van der Waals surface area contributed by atoms with E-state index in [4.69, 9.17) is 15.2 Å². The topological polar surface area (TPSA) is 128 Å². The van der Waals surface area contributed by atoms with Crippen molar-refractivity contribution in [2.45, 2.75) is 13.5 Å². The van der Waals surface area contributed by atoms with Crippen LogP contribution >= 0.6 is 0 Å². The summed E-state index contributed by atoms with van der Waals surface area (Å²) in [5, 5.41) is 6.64. The van der Waals surface area contributed by atoms with Gasteiger partial charge in [0, 0.05) is 53.4 Å². The molecule has 2 aromatic carbocycles. The Morgan fingerprint density at radius 1 is 1.00 bits per heavy atom. The minimum atomic E-state index is -0.837. The van der Waals surface area contributed by atoms with Crippen LogP contribution in [-0.4, -0.2) is 36.0 Å². The molecule has 0 aliphatic heterocycles. The number of ether oxygens (including phenoxy) is 2. The lowest BCUT2D eigenvalue weighted by molar-refractivity contribution is -0.136. The number of pyridine rings is 2. The molecule has 9 nitrogen and oxygen atoms in total. The molecule has 2 amide bonds. The quantitative estimate of drug-likeness (QED) is 0.290. The molecule has 2 heterocycles. The third-order valence-corrected chi connectivity index (χ3v) is 5.60. The summed E-state index contributed by atoms with van der Waals surface area (Å²) >= 11 is 0. The Hall–Kier alpha value is -4.66. The first-order valence-corrected chi connectivity index (χ1v) is 10.8. The Bertz CT molecular complexity index is 1420. The number of nitrogens with one attached hydrogen (secondary N) is 2. The van der Waals surface area contributed by atoms with E-state index in [1.54, 1.807) is 50.0 Å². The summed E-state index contributed by atoms with van der Waals surface area (Å²) in [6.07, 6.45) is 5.08. The van der Waals surface area contributed by atoms with Gasteiger partial charge in [0.1, 0.15) is 17.3 Å². The molecule has 9 heteroatoms. The molecule has 178 valence electrons. The van der Waals surface area contributed by atoms with Crippen molar-refractivity contribution in [1.29, 1.82) is 0 Å². The molecule has 0 fully saturated rings. The number of nitrogen functional groups attached to an aromatic ring is 1. The standard InChI is InChI=1S/C26H25N5O4/c1-15-6-7-28-13-20(15)17-8-18-10-24(29-14-21(18)22(27)9-17)31-26(33)25(32)30-12-16-4-5-19(34-2)11-23(16)35-3/h4-11,13-14H,12,27H2,1-3H3,(H,30,32)(H,29,31,33). The molecule has 0 aliphatic carbocycles. The summed E-state index contributed by atoms with van der Waals surface area (Å²) in [5.41, 5.74) is 10.4. The van der Waals surface area contributed by atoms with Crippen LogP contribution in [0.3, 0.4) is 0 Å². The van der Waals surface area contributed by atoms with Crippen LogP contribution in [0.2, 0.25) is 0 Å². The number of nitrogens with two attached hydrogens (primary N) is 1. The van der Waals surface area contributed by atoms with Crippen LogP contribution in [0.25, 0.3) is 21.9 Å². The lowest BCUT2D eigenvalue weighted by Crippen LogP contribution is -2.35. The van der Waals surface area contributed by atoms with Crippen molar-refractivity contribution < 1.29 is 19.1 Å². The van der Waals surface area contributed by atoms with Gasteiger partial charge in [0.25, 0.3) is 0 Å². The average Bonchev–Trinajstić information content (AvgIpc) is 2.87. The zero-order chi connectivity index (χ0) is 24.9. The lowest BCUT2D eigenvalue weighted by Gasteiger charge is -2.12. The van der Waals surface area contributed by atoms with E-state index in [0.717, 1.165) is 27.5 Å². The highest BCUT2D eigenvalue weighted by Gasteiger charge is 2.16. The van der Waals surface area contributed by atoms with Gasteiger partial charge in [-0.05, 0) is 59.8 Å². The molecule has 0 saturated heterocycles. The summed E-state index contributed by atoms with van der Waals surface area (Å²) in [6, 6.07) is 12.6. The molecule has 0 saturated carbocycles. The Balaban J connectivity index is 1.49. The molecule has 4 N–H and O–H groups in total. The SMILES string of the molecule is COc1ccc(CNC(=O)C(=O)Nc2cc3cc(-c4cnccc4C)cc(N)c3cn2)c(OC)c1. The van der Waals surface area contributed by atoms with Gasteiger partial charge in [-0.3, -0.25) is 14.6 Å². The van der Waals surface area contributed by atoms with E-state index in [1.807, 2.05) is 25.1 Å². The number of aryl methyl sites for hydroxylation is 1. The smallest absolute Gasteiger partial charge is 0.314 e. The number of aromatic nitrogens is 2. The van der Waals surface area contributed by atoms with E-state index < -0.39 is 11.8 Å². The van der Waals surface area contributed by atoms with E-state index in [0.29, 0.717) is 22.7 Å². The number of hydrogen-bond acceptors (Lipinski definition) is 7. The summed E-state index contributed by atoms with van der Waals surface area (Å²) in [6.45, 7) is 2.10. The maximum Gasteiger partial charge on any atom is 0.314 e.